The molecule has 1 unspecified atom stereocenters. The highest BCUT2D eigenvalue weighted by Crippen LogP contribution is 2.26. The smallest absolute Gasteiger partial charge is 0.280 e. The Labute approximate surface area is 114 Å². The van der Waals surface area contributed by atoms with Crippen LogP contribution in [0.1, 0.15) is 26.5 Å². The van der Waals surface area contributed by atoms with E-state index in [1.165, 1.54) is 4.57 Å². The van der Waals surface area contributed by atoms with Gasteiger partial charge in [-0.05, 0) is 6.07 Å². The summed E-state index contributed by atoms with van der Waals surface area (Å²) >= 11 is 0. The summed E-state index contributed by atoms with van der Waals surface area (Å²) in [6, 6.07) is 7.64. The lowest BCUT2D eigenvalue weighted by Crippen LogP contribution is -2.29. The van der Waals surface area contributed by atoms with Crippen LogP contribution in [0, 0.1) is 0 Å². The largest absolute Gasteiger partial charge is 0.349 e. The molecule has 0 aliphatic heterocycles. The van der Waals surface area contributed by atoms with Gasteiger partial charge >= 0.3 is 5.69 Å². The molecule has 102 valence electrons. The van der Waals surface area contributed by atoms with Gasteiger partial charge in [0, 0.05) is 27.9 Å². The molecule has 0 spiro atoms. The number of nitrogens with zero attached hydrogens (tertiary/aromatic N) is 2. The van der Waals surface area contributed by atoms with Gasteiger partial charge in [0.05, 0.1) is 11.2 Å². The molecule has 4 nitrogen and oxygen atoms in total. The maximum absolute atomic E-state index is 12.2. The van der Waals surface area contributed by atoms with Crippen LogP contribution in [0.15, 0.2) is 29.1 Å². The van der Waals surface area contributed by atoms with Gasteiger partial charge < -0.3 is 0 Å². The molecule has 0 aliphatic carbocycles. The summed E-state index contributed by atoms with van der Waals surface area (Å²) in [5, 5.41) is 0.944. The van der Waals surface area contributed by atoms with Crippen molar-refractivity contribution in [2.75, 3.05) is 6.26 Å². The van der Waals surface area contributed by atoms with Gasteiger partial charge in [-0.3, -0.25) is 8.78 Å². The minimum atomic E-state index is -1.09. The van der Waals surface area contributed by atoms with E-state index in [4.69, 9.17) is 0 Å². The minimum Gasteiger partial charge on any atom is -0.280 e. The molecule has 1 aromatic carbocycles. The fourth-order valence-electron chi connectivity index (χ4n) is 2.11. The second-order valence-electron chi connectivity index (χ2n) is 5.64. The Morgan fingerprint density at radius 2 is 1.89 bits per heavy atom. The number of para-hydroxylation sites is 1. The number of fused-ring (bicyclic) bond motifs is 1. The lowest BCUT2D eigenvalue weighted by molar-refractivity contribution is 0.566. The Morgan fingerprint density at radius 1 is 1.26 bits per heavy atom. The van der Waals surface area contributed by atoms with Crippen LogP contribution in [0.25, 0.3) is 10.9 Å². The Hall–Kier alpha value is -1.49. The van der Waals surface area contributed by atoms with Gasteiger partial charge in [0.15, 0.2) is 0 Å². The molecule has 1 atom stereocenters. The van der Waals surface area contributed by atoms with Crippen molar-refractivity contribution in [1.82, 2.24) is 9.55 Å². The van der Waals surface area contributed by atoms with Gasteiger partial charge in [-0.25, -0.2) is 4.79 Å². The SMILES string of the molecule is CS(=O)Cn1c(=O)nc(C(C)(C)C)c2ccccc21. The molecule has 0 saturated heterocycles. The van der Waals surface area contributed by atoms with Crippen LogP contribution in [-0.2, 0) is 22.1 Å². The summed E-state index contributed by atoms with van der Waals surface area (Å²) < 4.78 is 12.9. The van der Waals surface area contributed by atoms with Crippen molar-refractivity contribution in [3.63, 3.8) is 0 Å². The van der Waals surface area contributed by atoms with Gasteiger partial charge in [0.25, 0.3) is 0 Å². The molecule has 0 amide bonds. The fraction of sp³-hybridized carbons (Fsp3) is 0.429. The number of hydrogen-bond acceptors (Lipinski definition) is 3. The Bertz CT molecular complexity index is 699. The predicted molar refractivity (Wildman–Crippen MR) is 78.8 cm³/mol. The van der Waals surface area contributed by atoms with Crippen molar-refractivity contribution in [2.45, 2.75) is 32.1 Å². The second-order valence-corrected chi connectivity index (χ2v) is 7.05. The monoisotopic (exact) mass is 278 g/mol. The molecule has 1 heterocycles. The number of rotatable bonds is 2. The van der Waals surface area contributed by atoms with Crippen LogP contribution in [0.3, 0.4) is 0 Å². The molecule has 0 fully saturated rings. The second kappa shape index (κ2) is 4.89. The quantitative estimate of drug-likeness (QED) is 0.844. The van der Waals surface area contributed by atoms with Gasteiger partial charge in [0.2, 0.25) is 0 Å². The van der Waals surface area contributed by atoms with Crippen molar-refractivity contribution in [2.24, 2.45) is 0 Å². The first kappa shape index (κ1) is 13.9. The summed E-state index contributed by atoms with van der Waals surface area (Å²) in [5.74, 6) is 0.177. The molecule has 0 radical (unpaired) electrons. The van der Waals surface area contributed by atoms with Crippen molar-refractivity contribution < 1.29 is 4.21 Å². The first-order valence-corrected chi connectivity index (χ1v) is 7.83. The fourth-order valence-corrected chi connectivity index (χ4v) is 2.72. The maximum Gasteiger partial charge on any atom is 0.349 e. The summed E-state index contributed by atoms with van der Waals surface area (Å²) in [5.41, 5.74) is 1.04. The molecule has 2 aromatic rings. The molecule has 19 heavy (non-hydrogen) atoms. The molecule has 0 saturated carbocycles. The summed E-state index contributed by atoms with van der Waals surface area (Å²) in [6.07, 6.45) is 1.58. The Balaban J connectivity index is 2.85. The van der Waals surface area contributed by atoms with Crippen LogP contribution in [-0.4, -0.2) is 20.0 Å². The van der Waals surface area contributed by atoms with Crippen LogP contribution in [0.4, 0.5) is 0 Å². The first-order chi connectivity index (χ1) is 8.80. The molecule has 2 rings (SSSR count). The van der Waals surface area contributed by atoms with E-state index < -0.39 is 10.8 Å². The molecule has 0 aliphatic rings. The van der Waals surface area contributed by atoms with E-state index >= 15 is 0 Å². The van der Waals surface area contributed by atoms with E-state index in [0.717, 1.165) is 16.6 Å². The van der Waals surface area contributed by atoms with E-state index in [-0.39, 0.29) is 17.0 Å². The summed E-state index contributed by atoms with van der Waals surface area (Å²) in [4.78, 5) is 16.4. The van der Waals surface area contributed by atoms with Crippen molar-refractivity contribution in [3.8, 4) is 0 Å². The van der Waals surface area contributed by atoms with Gasteiger partial charge in [-0.2, -0.15) is 4.98 Å². The van der Waals surface area contributed by atoms with E-state index in [2.05, 4.69) is 4.98 Å². The summed E-state index contributed by atoms with van der Waals surface area (Å²) in [6.45, 7) is 6.09. The molecule has 0 bridgehead atoms. The Kier molecular flexibility index (Phi) is 3.58. The van der Waals surface area contributed by atoms with Crippen LogP contribution in [0.5, 0.6) is 0 Å². The number of hydrogen-bond donors (Lipinski definition) is 0. The van der Waals surface area contributed by atoms with E-state index in [1.807, 2.05) is 45.0 Å². The predicted octanol–water partition coefficient (Wildman–Crippen LogP) is 2.03. The maximum atomic E-state index is 12.2. The third kappa shape index (κ3) is 2.76. The standard InChI is InChI=1S/C14H18N2O2S/c1-14(2,3)12-10-7-5-6-8-11(10)16(9-19(4)18)13(17)15-12/h5-8H,9H2,1-4H3. The third-order valence-corrected chi connectivity index (χ3v) is 3.53. The lowest BCUT2D eigenvalue weighted by Gasteiger charge is -2.21. The topological polar surface area (TPSA) is 52.0 Å². The third-order valence-electron chi connectivity index (χ3n) is 2.91. The highest BCUT2D eigenvalue weighted by atomic mass is 32.2. The highest BCUT2D eigenvalue weighted by Gasteiger charge is 2.21. The first-order valence-electron chi connectivity index (χ1n) is 6.11. The van der Waals surface area contributed by atoms with Gasteiger partial charge in [-0.15, -0.1) is 0 Å². The van der Waals surface area contributed by atoms with Crippen molar-refractivity contribution in [1.29, 1.82) is 0 Å². The minimum absolute atomic E-state index is 0.177. The average molecular weight is 278 g/mol. The zero-order chi connectivity index (χ0) is 14.2. The van der Waals surface area contributed by atoms with E-state index in [1.54, 1.807) is 6.26 Å². The number of benzene rings is 1. The zero-order valence-corrected chi connectivity index (χ0v) is 12.5. The van der Waals surface area contributed by atoms with Crippen LogP contribution in [0.2, 0.25) is 0 Å². The molecular weight excluding hydrogens is 260 g/mol. The van der Waals surface area contributed by atoms with Crippen LogP contribution >= 0.6 is 0 Å². The molecule has 5 heteroatoms. The van der Waals surface area contributed by atoms with Crippen molar-refractivity contribution in [3.05, 3.63) is 40.4 Å². The summed E-state index contributed by atoms with van der Waals surface area (Å²) in [7, 11) is -1.09. The normalized spacial score (nSPS) is 13.7. The van der Waals surface area contributed by atoms with E-state index in [0.29, 0.717) is 0 Å². The average Bonchev–Trinajstić information content (AvgIpc) is 2.30. The highest BCUT2D eigenvalue weighted by molar-refractivity contribution is 7.83. The molecule has 0 N–H and O–H groups in total. The molecular formula is C14H18N2O2S. The van der Waals surface area contributed by atoms with E-state index in [9.17, 15) is 9.00 Å². The van der Waals surface area contributed by atoms with Crippen molar-refractivity contribution >= 4 is 21.7 Å². The van der Waals surface area contributed by atoms with Gasteiger partial charge in [0.1, 0.15) is 5.88 Å². The molecule has 1 aromatic heterocycles. The van der Waals surface area contributed by atoms with Gasteiger partial charge in [-0.1, -0.05) is 39.0 Å². The zero-order valence-electron chi connectivity index (χ0n) is 11.6. The lowest BCUT2D eigenvalue weighted by atomic mass is 9.89. The Morgan fingerprint density at radius 3 is 2.47 bits per heavy atom. The number of aromatic nitrogens is 2. The van der Waals surface area contributed by atoms with Crippen LogP contribution < -0.4 is 5.69 Å².